The predicted molar refractivity (Wildman–Crippen MR) is 94.0 cm³/mol. The topological polar surface area (TPSA) is 128 Å². The summed E-state index contributed by atoms with van der Waals surface area (Å²) in [6, 6.07) is 0. The summed E-state index contributed by atoms with van der Waals surface area (Å²) in [6.07, 6.45) is 6.65. The molecule has 0 aliphatic carbocycles. The van der Waals surface area contributed by atoms with Crippen LogP contribution in [0.5, 0.6) is 0 Å². The van der Waals surface area contributed by atoms with Crippen LogP contribution in [0, 0.1) is 0 Å². The Morgan fingerprint density at radius 2 is 1.71 bits per heavy atom. The zero-order valence-corrected chi connectivity index (χ0v) is 15.5. The molecule has 24 heavy (non-hydrogen) atoms. The van der Waals surface area contributed by atoms with E-state index in [1.54, 1.807) is 24.3 Å². The van der Waals surface area contributed by atoms with Crippen molar-refractivity contribution in [3.63, 3.8) is 0 Å². The van der Waals surface area contributed by atoms with Crippen molar-refractivity contribution >= 4 is 13.8 Å². The number of phosphoric acid groups is 1. The number of allylic oxidation sites excluding steroid dienone is 5. The van der Waals surface area contributed by atoms with Gasteiger partial charge in [-0.05, 0) is 20.0 Å². The van der Waals surface area contributed by atoms with E-state index >= 15 is 0 Å². The van der Waals surface area contributed by atoms with Gasteiger partial charge < -0.3 is 25.0 Å². The summed E-state index contributed by atoms with van der Waals surface area (Å²) in [5, 5.41) is 0. The van der Waals surface area contributed by atoms with Crippen LogP contribution in [0.15, 0.2) is 48.8 Å². The number of esters is 1. The van der Waals surface area contributed by atoms with Gasteiger partial charge in [-0.15, -0.1) is 0 Å². The molecule has 0 aliphatic heterocycles. The fourth-order valence-electron chi connectivity index (χ4n) is 1.02. The van der Waals surface area contributed by atoms with Gasteiger partial charge in [-0.2, -0.15) is 0 Å². The molecule has 0 saturated heterocycles. The summed E-state index contributed by atoms with van der Waals surface area (Å²) in [7, 11) is -1.36. The van der Waals surface area contributed by atoms with E-state index in [2.05, 4.69) is 28.2 Å². The number of nitrogens with two attached hydrogens (primary N) is 1. The lowest BCUT2D eigenvalue weighted by atomic mass is 10.2. The van der Waals surface area contributed by atoms with E-state index in [0.717, 1.165) is 0 Å². The monoisotopic (exact) mass is 365 g/mol. The molecular formula is C15H28NO7P. The minimum atomic E-state index is -4.28. The van der Waals surface area contributed by atoms with Crippen LogP contribution in [0.3, 0.4) is 0 Å². The number of carbonyl (C=O) groups excluding carboxylic acids is 1. The molecule has 0 saturated carbocycles. The van der Waals surface area contributed by atoms with Gasteiger partial charge in [0.15, 0.2) is 0 Å². The first-order valence-corrected chi connectivity index (χ1v) is 8.31. The molecule has 0 aromatic rings. The van der Waals surface area contributed by atoms with Gasteiger partial charge in [0.1, 0.15) is 5.76 Å². The maximum absolute atomic E-state index is 10.7. The van der Waals surface area contributed by atoms with Gasteiger partial charge in [0, 0.05) is 19.6 Å². The van der Waals surface area contributed by atoms with E-state index in [-0.39, 0.29) is 19.2 Å². The first-order chi connectivity index (χ1) is 11.2. The van der Waals surface area contributed by atoms with Crippen molar-refractivity contribution in [2.24, 2.45) is 5.73 Å². The minimum absolute atomic E-state index is 0.0826. The smallest absolute Gasteiger partial charge is 0.426 e. The first kappa shape index (κ1) is 27.3. The normalized spacial score (nSPS) is 9.79. The van der Waals surface area contributed by atoms with Gasteiger partial charge >= 0.3 is 13.8 Å². The average molecular weight is 365 g/mol. The molecule has 0 bridgehead atoms. The van der Waals surface area contributed by atoms with Gasteiger partial charge in [0.2, 0.25) is 0 Å². The summed E-state index contributed by atoms with van der Waals surface area (Å²) in [6.45, 7) is 10.5. The fraction of sp³-hybridized carbons (Fsp3) is 0.400. The van der Waals surface area contributed by atoms with E-state index < -0.39 is 7.82 Å². The molecule has 8 nitrogen and oxygen atoms in total. The van der Waals surface area contributed by atoms with Crippen molar-refractivity contribution < 1.29 is 33.1 Å². The van der Waals surface area contributed by atoms with Crippen LogP contribution in [-0.4, -0.2) is 43.1 Å². The Morgan fingerprint density at radius 1 is 1.21 bits per heavy atom. The molecule has 0 aliphatic rings. The second-order valence-corrected chi connectivity index (χ2v) is 4.88. The molecule has 0 amide bonds. The number of carbonyl (C=O) groups is 1. The molecular weight excluding hydrogens is 337 g/mol. The van der Waals surface area contributed by atoms with Crippen LogP contribution in [0.4, 0.5) is 0 Å². The first-order valence-electron chi connectivity index (χ1n) is 6.78. The average Bonchev–Trinajstić information content (AvgIpc) is 2.50. The summed E-state index contributed by atoms with van der Waals surface area (Å²) >= 11 is 0. The van der Waals surface area contributed by atoms with Crippen LogP contribution in [0.25, 0.3) is 0 Å². The highest BCUT2D eigenvalue weighted by Gasteiger charge is 2.11. The third-order valence-electron chi connectivity index (χ3n) is 1.84. The van der Waals surface area contributed by atoms with Gasteiger partial charge in [0.05, 0.1) is 13.2 Å². The van der Waals surface area contributed by atoms with Crippen LogP contribution in [0.1, 0.15) is 13.8 Å². The van der Waals surface area contributed by atoms with Crippen molar-refractivity contribution in [3.8, 4) is 0 Å². The molecule has 0 fully saturated rings. The molecule has 4 N–H and O–H groups in total. The molecule has 0 heterocycles. The van der Waals surface area contributed by atoms with Crippen molar-refractivity contribution in [2.45, 2.75) is 13.8 Å². The molecule has 0 atom stereocenters. The van der Waals surface area contributed by atoms with E-state index in [1.807, 2.05) is 6.92 Å². The highest BCUT2D eigenvalue weighted by Crippen LogP contribution is 2.35. The number of hydrogen-bond acceptors (Lipinski definition) is 6. The Kier molecular flexibility index (Phi) is 20.3. The molecule has 0 rings (SSSR count). The zero-order chi connectivity index (χ0) is 19.6. The van der Waals surface area contributed by atoms with Crippen molar-refractivity contribution in [3.05, 3.63) is 48.8 Å². The Morgan fingerprint density at radius 3 is 2.00 bits per heavy atom. The predicted octanol–water partition coefficient (Wildman–Crippen LogP) is 2.07. The molecule has 0 aromatic heterocycles. The fourth-order valence-corrected chi connectivity index (χ4v) is 1.33. The van der Waals surface area contributed by atoms with E-state index in [4.69, 9.17) is 14.5 Å². The van der Waals surface area contributed by atoms with E-state index in [0.29, 0.717) is 11.3 Å². The molecule has 0 aromatic carbocycles. The summed E-state index contributed by atoms with van der Waals surface area (Å²) in [5.74, 6) is 0.120. The van der Waals surface area contributed by atoms with Crippen LogP contribution < -0.4 is 5.73 Å². The molecule has 0 spiro atoms. The summed E-state index contributed by atoms with van der Waals surface area (Å²) < 4.78 is 23.3. The standard InChI is InChI=1S/C11H14O2.C3H9O5P.CH5N/c1-5-8-11(13-9(4)12)10(6-2)7-3;1-7-2-3-8-9(4,5)6;1-2/h5-8H,2-3H2,1,4H3;2-3H2,1H3,(H2,4,5,6);2H2,1H3/b8-5-;;. The van der Waals surface area contributed by atoms with Crippen molar-refractivity contribution in [2.75, 3.05) is 27.4 Å². The van der Waals surface area contributed by atoms with Crippen LogP contribution >= 0.6 is 7.82 Å². The number of phosphoric ester groups is 1. The SMILES string of the molecule is C=CC(C=C)=C(/C=C\C)OC(C)=O.CN.COCCOP(=O)(O)O. The third-order valence-corrected chi connectivity index (χ3v) is 2.36. The van der Waals surface area contributed by atoms with Gasteiger partial charge in [-0.25, -0.2) is 4.57 Å². The van der Waals surface area contributed by atoms with E-state index in [1.165, 1.54) is 21.1 Å². The lowest BCUT2D eigenvalue weighted by molar-refractivity contribution is -0.136. The van der Waals surface area contributed by atoms with Crippen LogP contribution in [0.2, 0.25) is 0 Å². The Hall–Kier alpha value is -1.54. The highest BCUT2D eigenvalue weighted by atomic mass is 31.2. The van der Waals surface area contributed by atoms with Gasteiger partial charge in [-0.1, -0.05) is 31.4 Å². The molecule has 0 unspecified atom stereocenters. The van der Waals surface area contributed by atoms with Crippen molar-refractivity contribution in [1.29, 1.82) is 0 Å². The maximum atomic E-state index is 10.7. The number of ether oxygens (including phenoxy) is 2. The van der Waals surface area contributed by atoms with Gasteiger partial charge in [0.25, 0.3) is 0 Å². The van der Waals surface area contributed by atoms with E-state index in [9.17, 15) is 9.36 Å². The third kappa shape index (κ3) is 20.5. The van der Waals surface area contributed by atoms with Crippen LogP contribution in [-0.2, 0) is 23.4 Å². The number of hydrogen-bond donors (Lipinski definition) is 3. The Bertz CT molecular complexity index is 456. The van der Waals surface area contributed by atoms with Crippen molar-refractivity contribution in [1.82, 2.24) is 0 Å². The molecule has 140 valence electrons. The lowest BCUT2D eigenvalue weighted by Crippen LogP contribution is -1.99. The highest BCUT2D eigenvalue weighted by molar-refractivity contribution is 7.46. The largest absolute Gasteiger partial charge is 0.469 e. The zero-order valence-electron chi connectivity index (χ0n) is 14.6. The lowest BCUT2D eigenvalue weighted by Gasteiger charge is -2.04. The maximum Gasteiger partial charge on any atom is 0.469 e. The Balaban J connectivity index is -0.000000351. The minimum Gasteiger partial charge on any atom is -0.426 e. The second-order valence-electron chi connectivity index (χ2n) is 3.64. The molecule has 9 heteroatoms. The Labute approximate surface area is 143 Å². The molecule has 0 radical (unpaired) electrons. The number of rotatable bonds is 8. The quantitative estimate of drug-likeness (QED) is 0.196. The second kappa shape index (κ2) is 17.8. The summed E-state index contributed by atoms with van der Waals surface area (Å²) in [4.78, 5) is 26.9. The number of methoxy groups -OCH3 is 1. The summed E-state index contributed by atoms with van der Waals surface area (Å²) in [5.41, 5.74) is 5.20. The van der Waals surface area contributed by atoms with Gasteiger partial charge in [-0.3, -0.25) is 9.32 Å².